The number of esters is 1. The molecule has 0 saturated heterocycles. The van der Waals surface area contributed by atoms with Crippen LogP contribution in [-0.4, -0.2) is 37.7 Å². The number of nitrogens with one attached hydrogen (secondary N) is 1. The zero-order chi connectivity index (χ0) is 15.2. The lowest BCUT2D eigenvalue weighted by Gasteiger charge is -2.19. The molecule has 7 nitrogen and oxygen atoms in total. The molecule has 114 valence electrons. The second-order valence-corrected chi connectivity index (χ2v) is 4.43. The summed E-state index contributed by atoms with van der Waals surface area (Å²) in [6.07, 6.45) is 0. The van der Waals surface area contributed by atoms with Crippen LogP contribution in [0.5, 0.6) is 11.5 Å². The van der Waals surface area contributed by atoms with E-state index in [4.69, 9.17) is 15.2 Å². The smallest absolute Gasteiger partial charge is 0.332 e. The minimum absolute atomic E-state index is 0.183. The van der Waals surface area contributed by atoms with Gasteiger partial charge in [0.05, 0.1) is 6.61 Å². The van der Waals surface area contributed by atoms with Gasteiger partial charge in [-0.3, -0.25) is 4.79 Å². The first kappa shape index (κ1) is 15.1. The fourth-order valence-corrected chi connectivity index (χ4v) is 1.84. The third-order valence-electron chi connectivity index (χ3n) is 2.90. The Hall–Kier alpha value is -2.28. The first-order chi connectivity index (χ1) is 10.1. The van der Waals surface area contributed by atoms with Crippen molar-refractivity contribution in [1.29, 1.82) is 0 Å². The maximum Gasteiger partial charge on any atom is 0.332 e. The zero-order valence-corrected chi connectivity index (χ0v) is 11.8. The number of rotatable bonds is 5. The molecule has 2 rings (SSSR count). The first-order valence-electron chi connectivity index (χ1n) is 6.70. The van der Waals surface area contributed by atoms with Gasteiger partial charge in [-0.2, -0.15) is 0 Å². The SMILES string of the molecule is CCOC(=O)C(N)C(=O)NCc1ccc2c(c1)OCCO2. The van der Waals surface area contributed by atoms with E-state index in [1.54, 1.807) is 19.1 Å². The number of fused-ring (bicyclic) bond motifs is 1. The van der Waals surface area contributed by atoms with Crippen molar-refractivity contribution in [1.82, 2.24) is 5.32 Å². The molecule has 0 aliphatic carbocycles. The maximum absolute atomic E-state index is 11.7. The van der Waals surface area contributed by atoms with E-state index in [0.717, 1.165) is 5.56 Å². The van der Waals surface area contributed by atoms with E-state index in [-0.39, 0.29) is 13.2 Å². The van der Waals surface area contributed by atoms with Crippen molar-refractivity contribution < 1.29 is 23.8 Å². The summed E-state index contributed by atoms with van der Waals surface area (Å²) < 4.78 is 15.5. The maximum atomic E-state index is 11.7. The minimum atomic E-state index is -1.32. The van der Waals surface area contributed by atoms with Gasteiger partial charge in [0.1, 0.15) is 13.2 Å². The van der Waals surface area contributed by atoms with Crippen molar-refractivity contribution in [2.45, 2.75) is 19.5 Å². The Morgan fingerprint density at radius 1 is 1.33 bits per heavy atom. The molecule has 1 aromatic carbocycles. The molecule has 0 spiro atoms. The summed E-state index contributed by atoms with van der Waals surface area (Å²) in [4.78, 5) is 23.1. The van der Waals surface area contributed by atoms with Gasteiger partial charge in [-0.15, -0.1) is 0 Å². The summed E-state index contributed by atoms with van der Waals surface area (Å²) in [5.41, 5.74) is 6.31. The average molecular weight is 294 g/mol. The highest BCUT2D eigenvalue weighted by atomic mass is 16.6. The van der Waals surface area contributed by atoms with E-state index in [9.17, 15) is 9.59 Å². The van der Waals surface area contributed by atoms with Gasteiger partial charge >= 0.3 is 5.97 Å². The van der Waals surface area contributed by atoms with Gasteiger partial charge in [0.15, 0.2) is 17.5 Å². The second-order valence-electron chi connectivity index (χ2n) is 4.43. The van der Waals surface area contributed by atoms with Crippen LogP contribution in [0.4, 0.5) is 0 Å². The highest BCUT2D eigenvalue weighted by molar-refractivity contribution is 6.01. The minimum Gasteiger partial charge on any atom is -0.486 e. The quantitative estimate of drug-likeness (QED) is 0.584. The summed E-state index contributed by atoms with van der Waals surface area (Å²) in [7, 11) is 0. The Labute approximate surface area is 122 Å². The van der Waals surface area contributed by atoms with Crippen molar-refractivity contribution in [2.24, 2.45) is 5.73 Å². The third-order valence-corrected chi connectivity index (χ3v) is 2.90. The first-order valence-corrected chi connectivity index (χ1v) is 6.70. The van der Waals surface area contributed by atoms with Crippen molar-refractivity contribution in [2.75, 3.05) is 19.8 Å². The second kappa shape index (κ2) is 6.94. The molecule has 0 saturated carbocycles. The lowest BCUT2D eigenvalue weighted by Crippen LogP contribution is -2.46. The van der Waals surface area contributed by atoms with Gasteiger partial charge in [-0.1, -0.05) is 6.07 Å². The lowest BCUT2D eigenvalue weighted by molar-refractivity contribution is -0.148. The van der Waals surface area contributed by atoms with E-state index in [1.807, 2.05) is 6.07 Å². The normalized spacial score (nSPS) is 14.2. The predicted molar refractivity (Wildman–Crippen MR) is 73.9 cm³/mol. The van der Waals surface area contributed by atoms with Gasteiger partial charge in [-0.05, 0) is 24.6 Å². The van der Waals surface area contributed by atoms with E-state index in [2.05, 4.69) is 10.1 Å². The number of nitrogens with two attached hydrogens (primary N) is 1. The van der Waals surface area contributed by atoms with Crippen LogP contribution in [-0.2, 0) is 20.9 Å². The number of benzene rings is 1. The Kier molecular flexibility index (Phi) is 4.99. The Balaban J connectivity index is 1.90. The van der Waals surface area contributed by atoms with Crippen LogP contribution in [0.3, 0.4) is 0 Å². The number of carbonyl (C=O) groups is 2. The van der Waals surface area contributed by atoms with Crippen molar-refractivity contribution in [3.8, 4) is 11.5 Å². The average Bonchev–Trinajstić information content (AvgIpc) is 2.51. The third kappa shape index (κ3) is 3.85. The molecule has 0 fully saturated rings. The van der Waals surface area contributed by atoms with Crippen LogP contribution in [0, 0.1) is 0 Å². The van der Waals surface area contributed by atoms with Crippen molar-refractivity contribution >= 4 is 11.9 Å². The fourth-order valence-electron chi connectivity index (χ4n) is 1.84. The molecule has 1 aliphatic heterocycles. The Morgan fingerprint density at radius 3 is 2.76 bits per heavy atom. The molecule has 3 N–H and O–H groups in total. The van der Waals surface area contributed by atoms with Crippen molar-refractivity contribution in [3.05, 3.63) is 23.8 Å². The standard InChI is InChI=1S/C14H18N2O5/c1-2-19-14(18)12(15)13(17)16-8-9-3-4-10-11(7-9)21-6-5-20-10/h3-4,7,12H,2,5-6,8,15H2,1H3,(H,16,17). The van der Waals surface area contributed by atoms with E-state index >= 15 is 0 Å². The van der Waals surface area contributed by atoms with E-state index in [1.165, 1.54) is 0 Å². The molecule has 0 aromatic heterocycles. The highest BCUT2D eigenvalue weighted by Gasteiger charge is 2.23. The fraction of sp³-hybridized carbons (Fsp3) is 0.429. The molecule has 1 amide bonds. The van der Waals surface area contributed by atoms with E-state index < -0.39 is 17.9 Å². The molecule has 21 heavy (non-hydrogen) atoms. The molecule has 1 unspecified atom stereocenters. The molecule has 1 aliphatic rings. The number of amides is 1. The van der Waals surface area contributed by atoms with Gasteiger partial charge in [-0.25, -0.2) is 4.79 Å². The molecule has 7 heteroatoms. The van der Waals surface area contributed by atoms with Crippen LogP contribution in [0.1, 0.15) is 12.5 Å². The van der Waals surface area contributed by atoms with Crippen LogP contribution < -0.4 is 20.5 Å². The predicted octanol–water partition coefficient (Wildman–Crippen LogP) is -0.0356. The highest BCUT2D eigenvalue weighted by Crippen LogP contribution is 2.30. The van der Waals surface area contributed by atoms with Crippen LogP contribution in [0.2, 0.25) is 0 Å². The summed E-state index contributed by atoms with van der Waals surface area (Å²) in [5, 5.41) is 2.58. The number of ether oxygens (including phenoxy) is 3. The van der Waals surface area contributed by atoms with Gasteiger partial charge in [0.2, 0.25) is 5.91 Å². The summed E-state index contributed by atoms with van der Waals surface area (Å²) >= 11 is 0. The topological polar surface area (TPSA) is 99.9 Å². The van der Waals surface area contributed by atoms with Crippen LogP contribution >= 0.6 is 0 Å². The zero-order valence-electron chi connectivity index (χ0n) is 11.8. The Morgan fingerprint density at radius 2 is 2.05 bits per heavy atom. The van der Waals surface area contributed by atoms with Crippen LogP contribution in [0.25, 0.3) is 0 Å². The Bertz CT molecular complexity index is 532. The van der Waals surface area contributed by atoms with Gasteiger partial charge in [0, 0.05) is 6.54 Å². The molecule has 1 atom stereocenters. The summed E-state index contributed by atoms with van der Waals surface area (Å²) in [6, 6.07) is 4.05. The van der Waals surface area contributed by atoms with Crippen molar-refractivity contribution in [3.63, 3.8) is 0 Å². The molecule has 0 bridgehead atoms. The molecule has 0 radical (unpaired) electrons. The molecular weight excluding hydrogens is 276 g/mol. The molecule has 1 aromatic rings. The largest absolute Gasteiger partial charge is 0.486 e. The summed E-state index contributed by atoms with van der Waals surface area (Å²) in [6.45, 7) is 3.09. The van der Waals surface area contributed by atoms with Gasteiger partial charge < -0.3 is 25.3 Å². The molecular formula is C14H18N2O5. The molecule has 1 heterocycles. The number of hydrogen-bond donors (Lipinski definition) is 2. The van der Waals surface area contributed by atoms with Gasteiger partial charge in [0.25, 0.3) is 0 Å². The number of hydrogen-bond acceptors (Lipinski definition) is 6. The monoisotopic (exact) mass is 294 g/mol. The lowest BCUT2D eigenvalue weighted by atomic mass is 10.2. The number of carbonyl (C=O) groups excluding carboxylic acids is 2. The van der Waals surface area contributed by atoms with E-state index in [0.29, 0.717) is 24.7 Å². The van der Waals surface area contributed by atoms with Crippen LogP contribution in [0.15, 0.2) is 18.2 Å². The summed E-state index contributed by atoms with van der Waals surface area (Å²) in [5.74, 6) is 0.00255.